The van der Waals surface area contributed by atoms with Gasteiger partial charge in [0.1, 0.15) is 0 Å². The summed E-state index contributed by atoms with van der Waals surface area (Å²) >= 11 is 2.33. The van der Waals surface area contributed by atoms with Gasteiger partial charge in [-0.25, -0.2) is 0 Å². The van der Waals surface area contributed by atoms with E-state index < -0.39 is 0 Å². The predicted octanol–water partition coefficient (Wildman–Crippen LogP) is 2.84. The van der Waals surface area contributed by atoms with Crippen molar-refractivity contribution < 1.29 is 0 Å². The first-order valence-corrected chi connectivity index (χ1v) is 7.10. The average Bonchev–Trinajstić information content (AvgIpc) is 2.68. The van der Waals surface area contributed by atoms with Crippen LogP contribution in [-0.2, 0) is 13.5 Å². The zero-order valence-electron chi connectivity index (χ0n) is 10.9. The van der Waals surface area contributed by atoms with Crippen LogP contribution in [0.25, 0.3) is 0 Å². The molecule has 0 saturated heterocycles. The highest BCUT2D eigenvalue weighted by Gasteiger charge is 2.14. The van der Waals surface area contributed by atoms with Crippen LogP contribution in [0.4, 0.5) is 0 Å². The van der Waals surface area contributed by atoms with Gasteiger partial charge < -0.3 is 5.32 Å². The Balaban J connectivity index is 2.19. The number of nitrogens with zero attached hydrogens (tertiary/aromatic N) is 2. The molecule has 1 atom stereocenters. The smallest absolute Gasteiger partial charge is 0.0597 e. The number of aryl methyl sites for hydroxylation is 2. The molecule has 96 valence electrons. The van der Waals surface area contributed by atoms with E-state index in [0.29, 0.717) is 6.04 Å². The fraction of sp³-hybridized carbons (Fsp3) is 0.357. The van der Waals surface area contributed by atoms with E-state index in [2.05, 4.69) is 63.3 Å². The van der Waals surface area contributed by atoms with Crippen molar-refractivity contribution in [2.45, 2.75) is 19.4 Å². The van der Waals surface area contributed by atoms with Crippen LogP contribution < -0.4 is 5.32 Å². The second-order valence-electron chi connectivity index (χ2n) is 4.51. The molecule has 0 amide bonds. The second kappa shape index (κ2) is 5.84. The van der Waals surface area contributed by atoms with E-state index in [-0.39, 0.29) is 0 Å². The molecule has 3 nitrogen and oxygen atoms in total. The Morgan fingerprint density at radius 1 is 1.33 bits per heavy atom. The first-order chi connectivity index (χ1) is 8.60. The molecule has 0 aliphatic carbocycles. The molecule has 18 heavy (non-hydrogen) atoms. The largest absolute Gasteiger partial charge is 0.311 e. The van der Waals surface area contributed by atoms with Gasteiger partial charge in [0.15, 0.2) is 0 Å². The van der Waals surface area contributed by atoms with Crippen LogP contribution >= 0.6 is 22.6 Å². The highest BCUT2D eigenvalue weighted by molar-refractivity contribution is 14.1. The molecule has 2 rings (SSSR count). The first kappa shape index (κ1) is 13.5. The van der Waals surface area contributed by atoms with Gasteiger partial charge in [0.05, 0.1) is 17.4 Å². The molecule has 0 saturated carbocycles. The molecule has 0 radical (unpaired) electrons. The lowest BCUT2D eigenvalue weighted by Gasteiger charge is -2.16. The van der Waals surface area contributed by atoms with Crippen molar-refractivity contribution in [3.8, 4) is 0 Å². The maximum absolute atomic E-state index is 4.41. The minimum atomic E-state index is 0.302. The van der Waals surface area contributed by atoms with Gasteiger partial charge in [-0.3, -0.25) is 4.68 Å². The molecule has 0 spiro atoms. The molecule has 0 aliphatic heterocycles. The maximum atomic E-state index is 4.41. The van der Waals surface area contributed by atoms with E-state index in [0.717, 1.165) is 12.1 Å². The summed E-state index contributed by atoms with van der Waals surface area (Å²) in [5.41, 5.74) is 3.64. The van der Waals surface area contributed by atoms with Gasteiger partial charge in [-0.15, -0.1) is 0 Å². The Bertz CT molecular complexity index is 516. The van der Waals surface area contributed by atoms with Gasteiger partial charge >= 0.3 is 0 Å². The van der Waals surface area contributed by atoms with Crippen LogP contribution in [-0.4, -0.2) is 16.8 Å². The van der Waals surface area contributed by atoms with Gasteiger partial charge in [-0.2, -0.15) is 5.10 Å². The predicted molar refractivity (Wildman–Crippen MR) is 82.6 cm³/mol. The van der Waals surface area contributed by atoms with Crippen molar-refractivity contribution in [3.63, 3.8) is 0 Å². The normalized spacial score (nSPS) is 12.7. The highest BCUT2D eigenvalue weighted by atomic mass is 127. The number of rotatable bonds is 4. The molecule has 0 bridgehead atoms. The van der Waals surface area contributed by atoms with Crippen LogP contribution in [0.2, 0.25) is 0 Å². The third-order valence-electron chi connectivity index (χ3n) is 3.10. The quantitative estimate of drug-likeness (QED) is 0.855. The van der Waals surface area contributed by atoms with E-state index in [1.54, 1.807) is 0 Å². The maximum Gasteiger partial charge on any atom is 0.0597 e. The molecule has 1 aromatic carbocycles. The fourth-order valence-electron chi connectivity index (χ4n) is 2.17. The van der Waals surface area contributed by atoms with Crippen LogP contribution in [0.3, 0.4) is 0 Å². The van der Waals surface area contributed by atoms with Crippen LogP contribution in [0.15, 0.2) is 30.3 Å². The third-order valence-corrected chi connectivity index (χ3v) is 3.82. The molecule has 4 heteroatoms. The van der Waals surface area contributed by atoms with E-state index in [1.165, 1.54) is 14.8 Å². The summed E-state index contributed by atoms with van der Waals surface area (Å²) in [4.78, 5) is 0. The molecule has 0 fully saturated rings. The zero-order chi connectivity index (χ0) is 13.1. The Morgan fingerprint density at radius 3 is 2.50 bits per heavy atom. The Labute approximate surface area is 122 Å². The summed E-state index contributed by atoms with van der Waals surface area (Å²) in [5.74, 6) is 0. The summed E-state index contributed by atoms with van der Waals surface area (Å²) < 4.78 is 3.23. The first-order valence-electron chi connectivity index (χ1n) is 6.02. The Hall–Kier alpha value is -0.880. The third kappa shape index (κ3) is 3.11. The van der Waals surface area contributed by atoms with Crippen molar-refractivity contribution in [2.75, 3.05) is 7.05 Å². The molecule has 1 heterocycles. The number of hydrogen-bond donors (Lipinski definition) is 1. The molecular formula is C14H18IN3. The van der Waals surface area contributed by atoms with Gasteiger partial charge in [-0.1, -0.05) is 12.1 Å². The van der Waals surface area contributed by atoms with Gasteiger partial charge in [-0.05, 0) is 66.7 Å². The number of halogens is 1. The molecule has 1 N–H and O–H groups in total. The Kier molecular flexibility index (Phi) is 4.40. The summed E-state index contributed by atoms with van der Waals surface area (Å²) in [6.45, 7) is 2.03. The number of hydrogen-bond acceptors (Lipinski definition) is 2. The number of benzene rings is 1. The van der Waals surface area contributed by atoms with Crippen LogP contribution in [0, 0.1) is 10.5 Å². The molecule has 1 unspecified atom stereocenters. The highest BCUT2D eigenvalue weighted by Crippen LogP contribution is 2.19. The summed E-state index contributed by atoms with van der Waals surface area (Å²) in [7, 11) is 4.00. The van der Waals surface area contributed by atoms with Crippen molar-refractivity contribution in [3.05, 3.63) is 50.9 Å². The van der Waals surface area contributed by atoms with E-state index >= 15 is 0 Å². The van der Waals surface area contributed by atoms with Gasteiger partial charge in [0, 0.05) is 10.6 Å². The summed E-state index contributed by atoms with van der Waals surface area (Å²) in [6, 6.07) is 11.1. The van der Waals surface area contributed by atoms with Gasteiger partial charge in [0.25, 0.3) is 0 Å². The lowest BCUT2D eigenvalue weighted by Crippen LogP contribution is -2.21. The summed E-state index contributed by atoms with van der Waals surface area (Å²) in [6.07, 6.45) is 0.979. The topological polar surface area (TPSA) is 29.9 Å². The number of likely N-dealkylation sites (N-methyl/N-ethyl adjacent to an activating group) is 1. The van der Waals surface area contributed by atoms with Crippen molar-refractivity contribution >= 4 is 22.6 Å². The van der Waals surface area contributed by atoms with E-state index in [9.17, 15) is 0 Å². The average molecular weight is 355 g/mol. The van der Waals surface area contributed by atoms with Crippen molar-refractivity contribution in [1.29, 1.82) is 0 Å². The molecular weight excluding hydrogens is 337 g/mol. The lowest BCUT2D eigenvalue weighted by atomic mass is 10.0. The molecule has 2 aromatic rings. The Morgan fingerprint density at radius 2 is 2.00 bits per heavy atom. The molecule has 0 aliphatic rings. The second-order valence-corrected chi connectivity index (χ2v) is 5.75. The minimum Gasteiger partial charge on any atom is -0.311 e. The SMILES string of the molecule is CNC(Cc1ccc(I)cc1)c1cc(C)nn1C. The summed E-state index contributed by atoms with van der Waals surface area (Å²) in [5, 5.41) is 7.78. The number of aromatic nitrogens is 2. The number of nitrogens with one attached hydrogen (secondary N) is 1. The minimum absolute atomic E-state index is 0.302. The monoisotopic (exact) mass is 355 g/mol. The fourth-order valence-corrected chi connectivity index (χ4v) is 2.53. The zero-order valence-corrected chi connectivity index (χ0v) is 13.1. The lowest BCUT2D eigenvalue weighted by molar-refractivity contribution is 0.537. The van der Waals surface area contributed by atoms with Crippen molar-refractivity contribution in [2.24, 2.45) is 7.05 Å². The van der Waals surface area contributed by atoms with Crippen LogP contribution in [0.5, 0.6) is 0 Å². The van der Waals surface area contributed by atoms with E-state index in [4.69, 9.17) is 0 Å². The van der Waals surface area contributed by atoms with Gasteiger partial charge in [0.2, 0.25) is 0 Å². The molecule has 1 aromatic heterocycles. The standard InChI is InChI=1S/C14H18IN3/c1-10-8-14(18(3)17-10)13(16-2)9-11-4-6-12(15)7-5-11/h4-8,13,16H,9H2,1-3H3. The van der Waals surface area contributed by atoms with Crippen molar-refractivity contribution in [1.82, 2.24) is 15.1 Å². The van der Waals surface area contributed by atoms with Crippen LogP contribution in [0.1, 0.15) is 23.0 Å². The van der Waals surface area contributed by atoms with E-state index in [1.807, 2.05) is 25.7 Å².